The van der Waals surface area contributed by atoms with E-state index in [-0.39, 0.29) is 25.1 Å². The lowest BCUT2D eigenvalue weighted by atomic mass is 10.1. The molecular weight excluding hydrogens is 360 g/mol. The number of benzene rings is 1. The molecule has 0 aromatic heterocycles. The van der Waals surface area contributed by atoms with Crippen molar-refractivity contribution in [2.24, 2.45) is 0 Å². The second kappa shape index (κ2) is 8.03. The van der Waals surface area contributed by atoms with Crippen LogP contribution >= 0.6 is 0 Å². The van der Waals surface area contributed by atoms with Gasteiger partial charge in [-0.2, -0.15) is 0 Å². The van der Waals surface area contributed by atoms with Crippen LogP contribution in [0.5, 0.6) is 0 Å². The molecular formula is C18H19F2N3O4. The highest BCUT2D eigenvalue weighted by molar-refractivity contribution is 6.05. The van der Waals surface area contributed by atoms with Crippen molar-refractivity contribution in [3.8, 4) is 11.8 Å². The predicted molar refractivity (Wildman–Crippen MR) is 93.0 cm³/mol. The summed E-state index contributed by atoms with van der Waals surface area (Å²) >= 11 is 0. The van der Waals surface area contributed by atoms with Gasteiger partial charge < -0.3 is 10.1 Å². The predicted octanol–water partition coefficient (Wildman–Crippen LogP) is 2.29. The van der Waals surface area contributed by atoms with Crippen LogP contribution in [0, 0.1) is 23.5 Å². The third-order valence-electron chi connectivity index (χ3n) is 3.29. The van der Waals surface area contributed by atoms with Crippen LogP contribution in [-0.2, 0) is 9.53 Å². The fourth-order valence-electron chi connectivity index (χ4n) is 2.25. The van der Waals surface area contributed by atoms with Crippen LogP contribution in [0.4, 0.5) is 24.1 Å². The molecule has 1 aromatic carbocycles. The van der Waals surface area contributed by atoms with Crippen molar-refractivity contribution >= 4 is 23.7 Å². The molecule has 7 nitrogen and oxygen atoms in total. The summed E-state index contributed by atoms with van der Waals surface area (Å²) in [5.41, 5.74) is -1.16. The van der Waals surface area contributed by atoms with Gasteiger partial charge in [-0.3, -0.25) is 15.0 Å². The Balaban J connectivity index is 2.06. The number of halogens is 2. The van der Waals surface area contributed by atoms with Gasteiger partial charge in [-0.15, -0.1) is 0 Å². The number of hydrogen-bond acceptors (Lipinski definition) is 4. The summed E-state index contributed by atoms with van der Waals surface area (Å²) in [4.78, 5) is 35.2. The van der Waals surface area contributed by atoms with E-state index in [0.717, 1.165) is 17.0 Å². The van der Waals surface area contributed by atoms with E-state index in [0.29, 0.717) is 0 Å². The van der Waals surface area contributed by atoms with E-state index in [1.54, 1.807) is 20.8 Å². The van der Waals surface area contributed by atoms with E-state index in [1.165, 1.54) is 0 Å². The van der Waals surface area contributed by atoms with Crippen molar-refractivity contribution in [2.75, 3.05) is 18.0 Å². The first-order valence-corrected chi connectivity index (χ1v) is 8.13. The molecule has 0 spiro atoms. The molecule has 9 heteroatoms. The summed E-state index contributed by atoms with van der Waals surface area (Å²) in [5.74, 6) is 2.61. The minimum atomic E-state index is -0.982. The lowest BCUT2D eigenvalue weighted by molar-refractivity contribution is -0.120. The van der Waals surface area contributed by atoms with E-state index < -0.39 is 41.0 Å². The number of urea groups is 1. The fraction of sp³-hybridized carbons (Fsp3) is 0.389. The third kappa shape index (κ3) is 5.67. The van der Waals surface area contributed by atoms with Crippen LogP contribution in [0.3, 0.4) is 0 Å². The monoisotopic (exact) mass is 379 g/mol. The first-order valence-electron chi connectivity index (χ1n) is 8.13. The van der Waals surface area contributed by atoms with Crippen molar-refractivity contribution in [1.82, 2.24) is 10.6 Å². The zero-order chi connectivity index (χ0) is 20.2. The smallest absolute Gasteiger partial charge is 0.408 e. The Kier molecular flexibility index (Phi) is 6.00. The molecule has 0 radical (unpaired) electrons. The van der Waals surface area contributed by atoms with Crippen molar-refractivity contribution in [3.63, 3.8) is 0 Å². The Bertz CT molecular complexity index is 814. The third-order valence-corrected chi connectivity index (χ3v) is 3.29. The molecule has 0 aliphatic carbocycles. The fourth-order valence-corrected chi connectivity index (χ4v) is 2.25. The number of anilines is 1. The Morgan fingerprint density at radius 2 is 1.93 bits per heavy atom. The average molecular weight is 379 g/mol. The van der Waals surface area contributed by atoms with Crippen molar-refractivity contribution < 1.29 is 27.9 Å². The number of carbonyl (C=O) groups is 3. The number of ether oxygens (including phenoxy) is 1. The first-order chi connectivity index (χ1) is 12.6. The number of amides is 4. The van der Waals surface area contributed by atoms with Gasteiger partial charge in [0.1, 0.15) is 11.3 Å². The van der Waals surface area contributed by atoms with E-state index in [4.69, 9.17) is 4.74 Å². The number of hydrogen-bond donors (Lipinski definition) is 2. The molecule has 2 rings (SSSR count). The van der Waals surface area contributed by atoms with Crippen LogP contribution in [0.25, 0.3) is 0 Å². The number of nitrogens with zero attached hydrogens (tertiary/aromatic N) is 1. The molecule has 144 valence electrons. The second-order valence-electron chi connectivity index (χ2n) is 6.70. The molecule has 1 aliphatic heterocycles. The Hall–Kier alpha value is -3.15. The second-order valence-corrected chi connectivity index (χ2v) is 6.70. The zero-order valence-corrected chi connectivity index (χ0v) is 15.1. The molecule has 0 atom stereocenters. The SMILES string of the molecule is CC(C)(C)OC(=O)NCC#Cc1cc(F)c(N2CCC(=O)NC2=O)c(F)c1. The highest BCUT2D eigenvalue weighted by atomic mass is 19.1. The summed E-state index contributed by atoms with van der Waals surface area (Å²) < 4.78 is 33.6. The molecule has 1 heterocycles. The summed E-state index contributed by atoms with van der Waals surface area (Å²) in [6.45, 7) is 4.94. The van der Waals surface area contributed by atoms with Gasteiger partial charge >= 0.3 is 12.1 Å². The maximum atomic E-state index is 14.3. The lowest BCUT2D eigenvalue weighted by Gasteiger charge is -2.27. The Morgan fingerprint density at radius 1 is 1.30 bits per heavy atom. The van der Waals surface area contributed by atoms with Crippen molar-refractivity contribution in [1.29, 1.82) is 0 Å². The summed E-state index contributed by atoms with van der Waals surface area (Å²) in [6.07, 6.45) is -0.710. The average Bonchev–Trinajstić information content (AvgIpc) is 2.51. The normalized spacial score (nSPS) is 14.2. The molecule has 27 heavy (non-hydrogen) atoms. The van der Waals surface area contributed by atoms with Crippen LogP contribution in [0.2, 0.25) is 0 Å². The van der Waals surface area contributed by atoms with Gasteiger partial charge in [0.05, 0.1) is 6.54 Å². The zero-order valence-electron chi connectivity index (χ0n) is 15.1. The van der Waals surface area contributed by atoms with Crippen molar-refractivity contribution in [3.05, 3.63) is 29.3 Å². The number of imide groups is 1. The maximum Gasteiger partial charge on any atom is 0.408 e. The number of alkyl carbamates (subject to hydrolysis) is 1. The molecule has 0 bridgehead atoms. The summed E-state index contributed by atoms with van der Waals surface area (Å²) in [5, 5.41) is 4.40. The van der Waals surface area contributed by atoms with E-state index >= 15 is 0 Å². The van der Waals surface area contributed by atoms with Gasteiger partial charge in [0.25, 0.3) is 0 Å². The van der Waals surface area contributed by atoms with Crippen LogP contribution in [0.15, 0.2) is 12.1 Å². The minimum absolute atomic E-state index is 0.0354. The molecule has 1 aliphatic rings. The first kappa shape index (κ1) is 20.2. The summed E-state index contributed by atoms with van der Waals surface area (Å²) in [7, 11) is 0. The molecule has 0 saturated carbocycles. The van der Waals surface area contributed by atoms with Gasteiger partial charge in [0, 0.05) is 18.5 Å². The minimum Gasteiger partial charge on any atom is -0.444 e. The van der Waals surface area contributed by atoms with Gasteiger partial charge in [-0.25, -0.2) is 18.4 Å². The van der Waals surface area contributed by atoms with E-state index in [2.05, 4.69) is 17.2 Å². The molecule has 1 fully saturated rings. The molecule has 0 unspecified atom stereocenters. The molecule has 2 N–H and O–H groups in total. The topological polar surface area (TPSA) is 87.7 Å². The molecule has 1 saturated heterocycles. The molecule has 1 aromatic rings. The van der Waals surface area contributed by atoms with Gasteiger partial charge in [0.2, 0.25) is 5.91 Å². The quantitative estimate of drug-likeness (QED) is 0.772. The van der Waals surface area contributed by atoms with E-state index in [9.17, 15) is 23.2 Å². The number of rotatable bonds is 2. The van der Waals surface area contributed by atoms with E-state index in [1.807, 2.05) is 5.32 Å². The van der Waals surface area contributed by atoms with Crippen LogP contribution < -0.4 is 15.5 Å². The Labute approximate surface area is 155 Å². The van der Waals surface area contributed by atoms with Crippen LogP contribution in [-0.4, -0.2) is 36.7 Å². The highest BCUT2D eigenvalue weighted by Gasteiger charge is 2.29. The largest absolute Gasteiger partial charge is 0.444 e. The molecule has 4 amide bonds. The standard InChI is InChI=1S/C18H19F2N3O4/c1-18(2,3)27-17(26)21-7-4-5-11-9-12(19)15(13(20)10-11)23-8-6-14(24)22-16(23)25/h9-10H,6-8H2,1-3H3,(H,21,26)(H,22,24,25). The number of nitrogens with one attached hydrogen (secondary N) is 2. The summed E-state index contributed by atoms with van der Waals surface area (Å²) in [6, 6.07) is 1.06. The van der Waals surface area contributed by atoms with Crippen molar-refractivity contribution in [2.45, 2.75) is 32.8 Å². The highest BCUT2D eigenvalue weighted by Crippen LogP contribution is 2.26. The van der Waals surface area contributed by atoms with Gasteiger partial charge in [-0.05, 0) is 32.9 Å². The van der Waals surface area contributed by atoms with Crippen LogP contribution in [0.1, 0.15) is 32.8 Å². The maximum absolute atomic E-state index is 14.3. The Morgan fingerprint density at radius 3 is 2.48 bits per heavy atom. The van der Waals surface area contributed by atoms with Gasteiger partial charge in [0.15, 0.2) is 11.6 Å². The van der Waals surface area contributed by atoms with Gasteiger partial charge in [-0.1, -0.05) is 11.8 Å². The number of carbonyl (C=O) groups excluding carboxylic acids is 3. The lowest BCUT2D eigenvalue weighted by Crippen LogP contribution is -2.50.